The summed E-state index contributed by atoms with van der Waals surface area (Å²) in [6.07, 6.45) is 3.76. The van der Waals surface area contributed by atoms with Crippen molar-refractivity contribution in [2.24, 2.45) is 0 Å². The number of benzene rings is 1. The van der Waals surface area contributed by atoms with E-state index in [1.165, 1.54) is 24.2 Å². The van der Waals surface area contributed by atoms with Gasteiger partial charge in [-0.1, -0.05) is 11.6 Å². The van der Waals surface area contributed by atoms with Gasteiger partial charge in [0.2, 0.25) is 0 Å². The Hall–Kier alpha value is -1.06. The average molecular weight is 268 g/mol. The maximum atomic E-state index is 12.1. The van der Waals surface area contributed by atoms with Crippen LogP contribution in [0.15, 0.2) is 24.3 Å². The summed E-state index contributed by atoms with van der Waals surface area (Å²) in [5.41, 5.74) is 0.813. The van der Waals surface area contributed by atoms with Crippen LogP contribution in [0.4, 0.5) is 5.69 Å². The molecule has 0 aliphatic carbocycles. The molecule has 1 fully saturated rings. The van der Waals surface area contributed by atoms with Crippen LogP contribution in [0, 0.1) is 0 Å². The zero-order valence-electron chi connectivity index (χ0n) is 10.7. The molecule has 4 heteroatoms. The van der Waals surface area contributed by atoms with E-state index in [2.05, 4.69) is 5.32 Å². The van der Waals surface area contributed by atoms with Crippen molar-refractivity contribution in [3.05, 3.63) is 29.3 Å². The van der Waals surface area contributed by atoms with Crippen molar-refractivity contribution in [3.8, 4) is 0 Å². The zero-order chi connectivity index (χ0) is 13.0. The minimum absolute atomic E-state index is 0.0148. The maximum absolute atomic E-state index is 12.1. The van der Waals surface area contributed by atoms with Crippen LogP contribution in [-0.4, -0.2) is 25.0 Å². The van der Waals surface area contributed by atoms with Crippen molar-refractivity contribution in [1.82, 2.24) is 0 Å². The van der Waals surface area contributed by atoms with Crippen LogP contribution in [0.5, 0.6) is 0 Å². The van der Waals surface area contributed by atoms with E-state index in [1.54, 1.807) is 12.1 Å². The number of quaternary nitrogens is 1. The molecule has 1 amide bonds. The number of hydrogen-bond acceptors (Lipinski definition) is 1. The van der Waals surface area contributed by atoms with Crippen LogP contribution in [0.3, 0.4) is 0 Å². The minimum atomic E-state index is 0.0148. The second-order valence-electron chi connectivity index (χ2n) is 4.94. The molecule has 1 aliphatic heterocycles. The Morgan fingerprint density at radius 3 is 2.44 bits per heavy atom. The summed E-state index contributed by atoms with van der Waals surface area (Å²) in [5.74, 6) is 0.0919. The van der Waals surface area contributed by atoms with Gasteiger partial charge in [-0.15, -0.1) is 0 Å². The number of hydrogen-bond donors (Lipinski definition) is 2. The molecule has 0 saturated carbocycles. The van der Waals surface area contributed by atoms with Gasteiger partial charge in [0.1, 0.15) is 0 Å². The van der Waals surface area contributed by atoms with Crippen molar-refractivity contribution in [2.45, 2.75) is 32.2 Å². The van der Waals surface area contributed by atoms with E-state index in [0.717, 1.165) is 18.8 Å². The molecule has 3 nitrogen and oxygen atoms in total. The SMILES string of the molecule is C[C@H](C(=O)Nc1ccc(Cl)cc1)[NH+]1CCCCC1. The molecule has 0 unspecified atom stereocenters. The van der Waals surface area contributed by atoms with Gasteiger partial charge in [-0.25, -0.2) is 0 Å². The number of piperidine rings is 1. The second kappa shape index (κ2) is 6.21. The first-order valence-corrected chi connectivity index (χ1v) is 6.95. The lowest BCUT2D eigenvalue weighted by Crippen LogP contribution is -3.17. The molecule has 1 aromatic carbocycles. The van der Waals surface area contributed by atoms with E-state index in [-0.39, 0.29) is 11.9 Å². The molecule has 0 spiro atoms. The summed E-state index contributed by atoms with van der Waals surface area (Å²) in [5, 5.41) is 3.63. The molecule has 1 heterocycles. The average Bonchev–Trinajstić information content (AvgIpc) is 2.41. The number of likely N-dealkylation sites (tertiary alicyclic amines) is 1. The van der Waals surface area contributed by atoms with Crippen LogP contribution < -0.4 is 10.2 Å². The van der Waals surface area contributed by atoms with E-state index < -0.39 is 0 Å². The third kappa shape index (κ3) is 3.47. The van der Waals surface area contributed by atoms with Crippen LogP contribution >= 0.6 is 11.6 Å². The molecule has 1 aromatic rings. The van der Waals surface area contributed by atoms with Crippen LogP contribution in [-0.2, 0) is 4.79 Å². The fourth-order valence-electron chi connectivity index (χ4n) is 2.41. The minimum Gasteiger partial charge on any atom is -0.325 e. The summed E-state index contributed by atoms with van der Waals surface area (Å²) < 4.78 is 0. The van der Waals surface area contributed by atoms with Gasteiger partial charge in [0, 0.05) is 10.7 Å². The van der Waals surface area contributed by atoms with E-state index in [1.807, 2.05) is 19.1 Å². The molecular formula is C14H20ClN2O+. The summed E-state index contributed by atoms with van der Waals surface area (Å²) in [6, 6.07) is 7.25. The van der Waals surface area contributed by atoms with Crippen molar-refractivity contribution in [1.29, 1.82) is 0 Å². The van der Waals surface area contributed by atoms with Crippen LogP contribution in [0.25, 0.3) is 0 Å². The fraction of sp³-hybridized carbons (Fsp3) is 0.500. The van der Waals surface area contributed by atoms with Crippen LogP contribution in [0.2, 0.25) is 5.02 Å². The Bertz CT molecular complexity index is 399. The Morgan fingerprint density at radius 2 is 1.83 bits per heavy atom. The molecular weight excluding hydrogens is 248 g/mol. The number of anilines is 1. The van der Waals surface area contributed by atoms with Gasteiger partial charge in [-0.2, -0.15) is 0 Å². The molecule has 2 rings (SSSR count). The molecule has 1 aliphatic rings. The fourth-order valence-corrected chi connectivity index (χ4v) is 2.53. The summed E-state index contributed by atoms with van der Waals surface area (Å²) in [4.78, 5) is 13.5. The first-order chi connectivity index (χ1) is 8.66. The molecule has 0 aromatic heterocycles. The highest BCUT2D eigenvalue weighted by atomic mass is 35.5. The zero-order valence-corrected chi connectivity index (χ0v) is 11.5. The van der Waals surface area contributed by atoms with E-state index in [9.17, 15) is 4.79 Å². The number of rotatable bonds is 3. The first kappa shape index (κ1) is 13.4. The van der Waals surface area contributed by atoms with Gasteiger partial charge in [-0.3, -0.25) is 4.79 Å². The lowest BCUT2D eigenvalue weighted by molar-refractivity contribution is -0.918. The number of amides is 1. The largest absolute Gasteiger partial charge is 0.325 e. The lowest BCUT2D eigenvalue weighted by atomic mass is 10.1. The molecule has 18 heavy (non-hydrogen) atoms. The Morgan fingerprint density at radius 1 is 1.22 bits per heavy atom. The maximum Gasteiger partial charge on any atom is 0.282 e. The Balaban J connectivity index is 1.92. The number of carbonyl (C=O) groups excluding carboxylic acids is 1. The highest BCUT2D eigenvalue weighted by Gasteiger charge is 2.26. The second-order valence-corrected chi connectivity index (χ2v) is 5.37. The highest BCUT2D eigenvalue weighted by molar-refractivity contribution is 6.30. The van der Waals surface area contributed by atoms with Gasteiger partial charge in [0.15, 0.2) is 6.04 Å². The van der Waals surface area contributed by atoms with E-state index in [0.29, 0.717) is 5.02 Å². The van der Waals surface area contributed by atoms with Crippen molar-refractivity contribution >= 4 is 23.2 Å². The Kier molecular flexibility index (Phi) is 4.61. The normalized spacial score (nSPS) is 18.3. The van der Waals surface area contributed by atoms with Gasteiger partial charge in [0.25, 0.3) is 5.91 Å². The number of halogens is 1. The molecule has 2 N–H and O–H groups in total. The molecule has 1 saturated heterocycles. The van der Waals surface area contributed by atoms with E-state index in [4.69, 9.17) is 11.6 Å². The first-order valence-electron chi connectivity index (χ1n) is 6.58. The third-order valence-electron chi connectivity index (χ3n) is 3.61. The van der Waals surface area contributed by atoms with Gasteiger partial charge >= 0.3 is 0 Å². The standard InChI is InChI=1S/C14H19ClN2O/c1-11(17-9-3-2-4-10-17)14(18)16-13-7-5-12(15)6-8-13/h5-8,11H,2-4,9-10H2,1H3,(H,16,18)/p+1/t11-/m1/s1. The summed E-state index contributed by atoms with van der Waals surface area (Å²) >= 11 is 5.82. The van der Waals surface area contributed by atoms with Crippen LogP contribution in [0.1, 0.15) is 26.2 Å². The Labute approximate surface area is 113 Å². The van der Waals surface area contributed by atoms with Gasteiger partial charge in [0.05, 0.1) is 13.1 Å². The quantitative estimate of drug-likeness (QED) is 0.859. The van der Waals surface area contributed by atoms with Gasteiger partial charge in [-0.05, 0) is 50.5 Å². The van der Waals surface area contributed by atoms with Crippen molar-refractivity contribution in [3.63, 3.8) is 0 Å². The smallest absolute Gasteiger partial charge is 0.282 e. The molecule has 0 bridgehead atoms. The van der Waals surface area contributed by atoms with Crippen molar-refractivity contribution in [2.75, 3.05) is 18.4 Å². The van der Waals surface area contributed by atoms with E-state index >= 15 is 0 Å². The topological polar surface area (TPSA) is 33.5 Å². The number of nitrogens with one attached hydrogen (secondary N) is 2. The van der Waals surface area contributed by atoms with Gasteiger partial charge < -0.3 is 10.2 Å². The summed E-state index contributed by atoms with van der Waals surface area (Å²) in [6.45, 7) is 4.22. The predicted molar refractivity (Wildman–Crippen MR) is 74.1 cm³/mol. The number of carbonyl (C=O) groups is 1. The summed E-state index contributed by atoms with van der Waals surface area (Å²) in [7, 11) is 0. The predicted octanol–water partition coefficient (Wildman–Crippen LogP) is 1.74. The highest BCUT2D eigenvalue weighted by Crippen LogP contribution is 2.13. The lowest BCUT2D eigenvalue weighted by Gasteiger charge is -2.28. The van der Waals surface area contributed by atoms with Crippen molar-refractivity contribution < 1.29 is 9.69 Å². The molecule has 0 radical (unpaired) electrons. The third-order valence-corrected chi connectivity index (χ3v) is 3.87. The monoisotopic (exact) mass is 267 g/mol. The molecule has 1 atom stereocenters. The molecule has 98 valence electrons.